The first-order chi connectivity index (χ1) is 5.86. The van der Waals surface area contributed by atoms with E-state index in [0.29, 0.717) is 5.69 Å². The molecule has 0 spiro atoms. The lowest BCUT2D eigenvalue weighted by Gasteiger charge is -1.98. The number of hydrogen-bond donors (Lipinski definition) is 0. The lowest BCUT2D eigenvalue weighted by atomic mass is 10.4. The number of nitrogens with zero attached hydrogens (tertiary/aromatic N) is 3. The summed E-state index contributed by atoms with van der Waals surface area (Å²) in [5, 5.41) is 3.92. The van der Waals surface area contributed by atoms with E-state index in [4.69, 9.17) is 0 Å². The monoisotopic (exact) mass is 162 g/mol. The minimum absolute atomic E-state index is 0.483. The zero-order chi connectivity index (χ0) is 8.39. The Labute approximate surface area is 68.5 Å². The second-order valence-electron chi connectivity index (χ2n) is 2.24. The molecule has 2 heterocycles. The second-order valence-corrected chi connectivity index (χ2v) is 2.24. The molecule has 59 valence electrons. The maximum Gasteiger partial charge on any atom is 0.153 e. The van der Waals surface area contributed by atoms with Crippen LogP contribution in [0, 0.1) is 12.0 Å². The number of hydrogen-bond acceptors (Lipinski definition) is 2. The first kappa shape index (κ1) is 6.97. The predicted molar refractivity (Wildman–Crippen MR) is 40.2 cm³/mol. The van der Waals surface area contributed by atoms with Gasteiger partial charge < -0.3 is 0 Å². The maximum atomic E-state index is 12.6. The van der Waals surface area contributed by atoms with Gasteiger partial charge in [-0.25, -0.2) is 14.1 Å². The van der Waals surface area contributed by atoms with E-state index in [1.54, 1.807) is 18.5 Å². The molecule has 0 bridgehead atoms. The molecular formula is C8H5FN3. The lowest BCUT2D eigenvalue weighted by molar-refractivity contribution is 0.615. The molecule has 0 aliphatic heterocycles. The van der Waals surface area contributed by atoms with Crippen LogP contribution in [0.15, 0.2) is 30.7 Å². The van der Waals surface area contributed by atoms with E-state index < -0.39 is 5.82 Å². The molecular weight excluding hydrogens is 157 g/mol. The molecule has 12 heavy (non-hydrogen) atoms. The number of rotatable bonds is 1. The third-order valence-electron chi connectivity index (χ3n) is 1.41. The zero-order valence-electron chi connectivity index (χ0n) is 6.11. The molecule has 0 aliphatic rings. The summed E-state index contributed by atoms with van der Waals surface area (Å²) in [6.45, 7) is 0. The molecule has 0 amide bonds. The van der Waals surface area contributed by atoms with Gasteiger partial charge in [-0.15, -0.1) is 0 Å². The molecule has 0 N–H and O–H groups in total. The standard InChI is InChI=1S/C8H5FN3/c9-7-4-8(6-10-5-7)12-3-1-2-11-12/h1-4,6H. The molecule has 2 aromatic rings. The summed E-state index contributed by atoms with van der Waals surface area (Å²) in [5.41, 5.74) is 0.594. The van der Waals surface area contributed by atoms with Crippen molar-refractivity contribution in [1.82, 2.24) is 14.8 Å². The van der Waals surface area contributed by atoms with Gasteiger partial charge in [-0.05, 0) is 6.07 Å². The highest BCUT2D eigenvalue weighted by Gasteiger charge is 1.97. The molecule has 0 aromatic carbocycles. The van der Waals surface area contributed by atoms with Crippen LogP contribution < -0.4 is 0 Å². The van der Waals surface area contributed by atoms with Gasteiger partial charge in [0.15, 0.2) is 5.82 Å². The van der Waals surface area contributed by atoms with Crippen LogP contribution in [0.5, 0.6) is 0 Å². The van der Waals surface area contributed by atoms with Crippen molar-refractivity contribution in [3.63, 3.8) is 0 Å². The molecule has 3 nitrogen and oxygen atoms in total. The van der Waals surface area contributed by atoms with Gasteiger partial charge in [-0.2, -0.15) is 5.10 Å². The molecule has 0 unspecified atom stereocenters. The first-order valence-corrected chi connectivity index (χ1v) is 3.39. The van der Waals surface area contributed by atoms with Crippen molar-refractivity contribution in [2.75, 3.05) is 0 Å². The van der Waals surface area contributed by atoms with Crippen molar-refractivity contribution in [2.24, 2.45) is 0 Å². The summed E-state index contributed by atoms with van der Waals surface area (Å²) >= 11 is 0. The van der Waals surface area contributed by atoms with E-state index in [1.807, 2.05) is 0 Å². The summed E-state index contributed by atoms with van der Waals surface area (Å²) in [5.74, 6) is -0.483. The molecule has 2 rings (SSSR count). The van der Waals surface area contributed by atoms with Crippen LogP contribution in [0.2, 0.25) is 0 Å². The predicted octanol–water partition coefficient (Wildman–Crippen LogP) is 1.21. The molecule has 0 aliphatic carbocycles. The molecule has 2 aromatic heterocycles. The molecule has 0 fully saturated rings. The summed E-state index contributed by atoms with van der Waals surface area (Å²) in [7, 11) is 0. The highest BCUT2D eigenvalue weighted by molar-refractivity contribution is 5.26. The Morgan fingerprint density at radius 3 is 3.08 bits per heavy atom. The number of pyridine rings is 1. The van der Waals surface area contributed by atoms with E-state index in [2.05, 4.69) is 16.3 Å². The second kappa shape index (κ2) is 2.73. The summed E-state index contributed by atoms with van der Waals surface area (Å²) in [6.07, 6.45) is 7.01. The third-order valence-corrected chi connectivity index (χ3v) is 1.41. The smallest absolute Gasteiger partial charge is 0.153 e. The third kappa shape index (κ3) is 1.18. The fourth-order valence-electron chi connectivity index (χ4n) is 0.906. The highest BCUT2D eigenvalue weighted by atomic mass is 19.1. The summed E-state index contributed by atoms with van der Waals surface area (Å²) in [4.78, 5) is 3.58. The van der Waals surface area contributed by atoms with E-state index >= 15 is 0 Å². The first-order valence-electron chi connectivity index (χ1n) is 3.39. The topological polar surface area (TPSA) is 30.7 Å². The van der Waals surface area contributed by atoms with Gasteiger partial charge in [0.1, 0.15) is 6.20 Å². The highest BCUT2D eigenvalue weighted by Crippen LogP contribution is 2.04. The van der Waals surface area contributed by atoms with Gasteiger partial charge in [0, 0.05) is 18.5 Å². The van der Waals surface area contributed by atoms with Crippen LogP contribution in [-0.4, -0.2) is 14.8 Å². The lowest BCUT2D eigenvalue weighted by Crippen LogP contribution is -1.95. The minimum Gasteiger partial charge on any atom is -0.249 e. The Bertz CT molecular complexity index is 370. The van der Waals surface area contributed by atoms with E-state index in [9.17, 15) is 4.39 Å². The van der Waals surface area contributed by atoms with Crippen molar-refractivity contribution in [2.45, 2.75) is 0 Å². The maximum absolute atomic E-state index is 12.6. The van der Waals surface area contributed by atoms with Crippen LogP contribution in [0.1, 0.15) is 0 Å². The van der Waals surface area contributed by atoms with E-state index in [0.717, 1.165) is 0 Å². The van der Waals surface area contributed by atoms with E-state index in [-0.39, 0.29) is 0 Å². The van der Waals surface area contributed by atoms with Crippen molar-refractivity contribution in [3.8, 4) is 5.69 Å². The fourth-order valence-corrected chi connectivity index (χ4v) is 0.906. The van der Waals surface area contributed by atoms with Crippen LogP contribution in [0.4, 0.5) is 4.39 Å². The van der Waals surface area contributed by atoms with Gasteiger partial charge in [-0.3, -0.25) is 0 Å². The Kier molecular flexibility index (Phi) is 1.59. The Balaban J connectivity index is 2.48. The summed E-state index contributed by atoms with van der Waals surface area (Å²) in [6, 6.07) is 3.08. The van der Waals surface area contributed by atoms with Gasteiger partial charge in [0.05, 0.1) is 11.9 Å². The average Bonchev–Trinajstić information content (AvgIpc) is 2.56. The zero-order valence-corrected chi connectivity index (χ0v) is 6.11. The van der Waals surface area contributed by atoms with Gasteiger partial charge in [-0.1, -0.05) is 0 Å². The molecule has 1 radical (unpaired) electrons. The Morgan fingerprint density at radius 1 is 1.50 bits per heavy atom. The normalized spacial score (nSPS) is 10.1. The largest absolute Gasteiger partial charge is 0.249 e. The number of halogens is 1. The van der Waals surface area contributed by atoms with Crippen molar-refractivity contribution in [1.29, 1.82) is 0 Å². The van der Waals surface area contributed by atoms with Crippen LogP contribution in [-0.2, 0) is 0 Å². The van der Waals surface area contributed by atoms with Crippen LogP contribution >= 0.6 is 0 Å². The quantitative estimate of drug-likeness (QED) is 0.630. The molecule has 0 saturated heterocycles. The minimum atomic E-state index is -0.483. The van der Waals surface area contributed by atoms with Gasteiger partial charge in [0.2, 0.25) is 0 Å². The van der Waals surface area contributed by atoms with Crippen LogP contribution in [0.3, 0.4) is 0 Å². The Morgan fingerprint density at radius 2 is 2.42 bits per heavy atom. The summed E-state index contributed by atoms with van der Waals surface area (Å²) < 4.78 is 14.1. The Hall–Kier alpha value is -1.71. The molecule has 0 saturated carbocycles. The van der Waals surface area contributed by atoms with Crippen molar-refractivity contribution in [3.05, 3.63) is 42.7 Å². The van der Waals surface area contributed by atoms with Gasteiger partial charge >= 0.3 is 0 Å². The van der Waals surface area contributed by atoms with Crippen LogP contribution in [0.25, 0.3) is 5.69 Å². The SMILES string of the molecule is Fc1[c]ncc(-n2cccn2)c1. The average molecular weight is 162 g/mol. The fraction of sp³-hybridized carbons (Fsp3) is 0. The molecule has 4 heteroatoms. The van der Waals surface area contributed by atoms with E-state index in [1.165, 1.54) is 16.9 Å². The number of aromatic nitrogens is 3. The van der Waals surface area contributed by atoms with Crippen molar-refractivity contribution >= 4 is 0 Å². The van der Waals surface area contributed by atoms with Crippen molar-refractivity contribution < 1.29 is 4.39 Å². The molecule has 0 atom stereocenters. The van der Waals surface area contributed by atoms with Gasteiger partial charge in [0.25, 0.3) is 0 Å².